The lowest BCUT2D eigenvalue weighted by atomic mass is 10.1. The molecule has 1 aromatic heterocycles. The van der Waals surface area contributed by atoms with Crippen molar-refractivity contribution in [3.05, 3.63) is 88.1 Å². The first kappa shape index (κ1) is 17.7. The second-order valence-corrected chi connectivity index (χ2v) is 7.13. The molecule has 0 aliphatic rings. The fourth-order valence-electron chi connectivity index (χ4n) is 3.01. The van der Waals surface area contributed by atoms with Crippen LogP contribution in [-0.4, -0.2) is 5.91 Å². The van der Waals surface area contributed by atoms with Crippen LogP contribution >= 0.6 is 23.2 Å². The lowest BCUT2D eigenvalue weighted by Gasteiger charge is -2.06. The summed E-state index contributed by atoms with van der Waals surface area (Å²) in [4.78, 5) is 12.7. The Labute approximate surface area is 166 Å². The molecular formula is C22H15Cl2NO2. The van der Waals surface area contributed by atoms with Gasteiger partial charge in [0.25, 0.3) is 5.91 Å². The molecule has 27 heavy (non-hydrogen) atoms. The van der Waals surface area contributed by atoms with Crippen molar-refractivity contribution < 1.29 is 9.21 Å². The lowest BCUT2D eigenvalue weighted by Crippen LogP contribution is -2.11. The molecule has 0 saturated heterocycles. The second kappa shape index (κ2) is 7.10. The van der Waals surface area contributed by atoms with Gasteiger partial charge in [0, 0.05) is 21.3 Å². The van der Waals surface area contributed by atoms with E-state index in [0.29, 0.717) is 27.1 Å². The molecule has 0 saturated carbocycles. The Morgan fingerprint density at radius 3 is 2.33 bits per heavy atom. The monoisotopic (exact) mass is 395 g/mol. The zero-order valence-corrected chi connectivity index (χ0v) is 15.9. The molecule has 1 N–H and O–H groups in total. The number of anilines is 1. The molecule has 134 valence electrons. The van der Waals surface area contributed by atoms with Crippen molar-refractivity contribution >= 4 is 45.6 Å². The van der Waals surface area contributed by atoms with Gasteiger partial charge >= 0.3 is 0 Å². The standard InChI is InChI=1S/C22H15Cl2NO2/c1-13-20(12-21(27-13)16-8-17(23)11-18(24)9-16)22(26)25-19-7-6-14-4-2-3-5-15(14)10-19/h2-12H,1H3,(H,25,26). The first-order valence-corrected chi connectivity index (χ1v) is 9.12. The SMILES string of the molecule is Cc1oc(-c2cc(Cl)cc(Cl)c2)cc1C(=O)Nc1ccc2ccccc2c1. The number of aryl methyl sites for hydroxylation is 1. The van der Waals surface area contributed by atoms with Crippen molar-refractivity contribution in [3.8, 4) is 11.3 Å². The third-order valence-electron chi connectivity index (χ3n) is 4.32. The first-order valence-electron chi connectivity index (χ1n) is 8.37. The van der Waals surface area contributed by atoms with E-state index in [1.807, 2.05) is 42.5 Å². The van der Waals surface area contributed by atoms with Crippen LogP contribution in [0.2, 0.25) is 10.0 Å². The number of furan rings is 1. The molecule has 1 amide bonds. The molecule has 4 rings (SSSR count). The predicted molar refractivity (Wildman–Crippen MR) is 111 cm³/mol. The minimum atomic E-state index is -0.231. The Morgan fingerprint density at radius 2 is 1.59 bits per heavy atom. The van der Waals surface area contributed by atoms with Crippen LogP contribution in [0.15, 0.2) is 71.1 Å². The van der Waals surface area contributed by atoms with Crippen LogP contribution in [0.3, 0.4) is 0 Å². The topological polar surface area (TPSA) is 42.2 Å². The van der Waals surface area contributed by atoms with Gasteiger partial charge in [0.05, 0.1) is 5.56 Å². The molecule has 0 aliphatic carbocycles. The molecule has 5 heteroatoms. The Morgan fingerprint density at radius 1 is 0.889 bits per heavy atom. The van der Waals surface area contributed by atoms with Gasteiger partial charge in [0.15, 0.2) is 0 Å². The zero-order valence-electron chi connectivity index (χ0n) is 14.4. The minimum absolute atomic E-state index is 0.231. The van der Waals surface area contributed by atoms with Crippen LogP contribution < -0.4 is 5.32 Å². The highest BCUT2D eigenvalue weighted by molar-refractivity contribution is 6.35. The molecule has 0 atom stereocenters. The molecule has 3 nitrogen and oxygen atoms in total. The summed E-state index contributed by atoms with van der Waals surface area (Å²) < 4.78 is 5.76. The van der Waals surface area contributed by atoms with E-state index >= 15 is 0 Å². The number of carbonyl (C=O) groups is 1. The molecule has 4 aromatic rings. The number of nitrogens with one attached hydrogen (secondary N) is 1. The molecule has 0 radical (unpaired) electrons. The number of fused-ring (bicyclic) bond motifs is 1. The normalized spacial score (nSPS) is 10.9. The average molecular weight is 396 g/mol. The van der Waals surface area contributed by atoms with Crippen molar-refractivity contribution in [1.82, 2.24) is 0 Å². The summed E-state index contributed by atoms with van der Waals surface area (Å²) in [5.41, 5.74) is 1.92. The summed E-state index contributed by atoms with van der Waals surface area (Å²) >= 11 is 12.1. The number of hydrogen-bond acceptors (Lipinski definition) is 2. The summed E-state index contributed by atoms with van der Waals surface area (Å²) in [5.74, 6) is 0.839. The first-order chi connectivity index (χ1) is 13.0. The van der Waals surface area contributed by atoms with Gasteiger partial charge in [-0.2, -0.15) is 0 Å². The average Bonchev–Trinajstić information content (AvgIpc) is 3.03. The maximum atomic E-state index is 12.7. The van der Waals surface area contributed by atoms with Gasteiger partial charge in [-0.25, -0.2) is 0 Å². The fraction of sp³-hybridized carbons (Fsp3) is 0.0455. The number of carbonyl (C=O) groups excluding carboxylic acids is 1. The Hall–Kier alpha value is -2.75. The second-order valence-electron chi connectivity index (χ2n) is 6.25. The van der Waals surface area contributed by atoms with Crippen molar-refractivity contribution in [1.29, 1.82) is 0 Å². The maximum Gasteiger partial charge on any atom is 0.259 e. The van der Waals surface area contributed by atoms with Gasteiger partial charge < -0.3 is 9.73 Å². The van der Waals surface area contributed by atoms with Crippen LogP contribution in [0.5, 0.6) is 0 Å². The number of benzene rings is 3. The molecule has 0 fully saturated rings. The van der Waals surface area contributed by atoms with Gasteiger partial charge in [-0.1, -0.05) is 53.5 Å². The number of rotatable bonds is 3. The van der Waals surface area contributed by atoms with Crippen LogP contribution in [0.4, 0.5) is 5.69 Å². The van der Waals surface area contributed by atoms with Gasteiger partial charge in [0.2, 0.25) is 0 Å². The smallest absolute Gasteiger partial charge is 0.259 e. The highest BCUT2D eigenvalue weighted by Gasteiger charge is 2.17. The van der Waals surface area contributed by atoms with Crippen molar-refractivity contribution in [2.45, 2.75) is 6.92 Å². The highest BCUT2D eigenvalue weighted by atomic mass is 35.5. The van der Waals surface area contributed by atoms with E-state index in [-0.39, 0.29) is 5.91 Å². The number of hydrogen-bond donors (Lipinski definition) is 1. The number of halogens is 2. The van der Waals surface area contributed by atoms with Gasteiger partial charge in [0.1, 0.15) is 11.5 Å². The Balaban J connectivity index is 1.62. The van der Waals surface area contributed by atoms with E-state index in [4.69, 9.17) is 27.6 Å². The van der Waals surface area contributed by atoms with Gasteiger partial charge in [-0.05, 0) is 54.1 Å². The summed E-state index contributed by atoms with van der Waals surface area (Å²) in [7, 11) is 0. The molecule has 3 aromatic carbocycles. The summed E-state index contributed by atoms with van der Waals surface area (Å²) in [6.45, 7) is 1.75. The lowest BCUT2D eigenvalue weighted by molar-refractivity contribution is 0.102. The third-order valence-corrected chi connectivity index (χ3v) is 4.75. The van der Waals surface area contributed by atoms with Crippen molar-refractivity contribution in [3.63, 3.8) is 0 Å². The molecule has 1 heterocycles. The number of amides is 1. The molecule has 0 unspecified atom stereocenters. The molecule has 0 spiro atoms. The van der Waals surface area contributed by atoms with E-state index in [1.54, 1.807) is 31.2 Å². The summed E-state index contributed by atoms with van der Waals surface area (Å²) in [5, 5.41) is 6.13. The van der Waals surface area contributed by atoms with Crippen molar-refractivity contribution in [2.75, 3.05) is 5.32 Å². The Bertz CT molecular complexity index is 1140. The van der Waals surface area contributed by atoms with Crippen LogP contribution in [0.25, 0.3) is 22.1 Å². The molecule has 0 bridgehead atoms. The van der Waals surface area contributed by atoms with E-state index in [2.05, 4.69) is 5.32 Å². The zero-order chi connectivity index (χ0) is 19.0. The highest BCUT2D eigenvalue weighted by Crippen LogP contribution is 2.31. The summed E-state index contributed by atoms with van der Waals surface area (Å²) in [6, 6.07) is 20.6. The molecule has 0 aliphatic heterocycles. The van der Waals surface area contributed by atoms with Gasteiger partial charge in [-0.3, -0.25) is 4.79 Å². The summed E-state index contributed by atoms with van der Waals surface area (Å²) in [6.07, 6.45) is 0. The van der Waals surface area contributed by atoms with Crippen LogP contribution in [0, 0.1) is 6.92 Å². The van der Waals surface area contributed by atoms with E-state index in [1.165, 1.54) is 0 Å². The minimum Gasteiger partial charge on any atom is -0.461 e. The van der Waals surface area contributed by atoms with E-state index in [9.17, 15) is 4.79 Å². The third kappa shape index (κ3) is 3.70. The van der Waals surface area contributed by atoms with Crippen molar-refractivity contribution in [2.24, 2.45) is 0 Å². The van der Waals surface area contributed by atoms with E-state index in [0.717, 1.165) is 22.0 Å². The van der Waals surface area contributed by atoms with Crippen LogP contribution in [0.1, 0.15) is 16.1 Å². The fourth-order valence-corrected chi connectivity index (χ4v) is 3.54. The Kier molecular flexibility index (Phi) is 4.65. The quantitative estimate of drug-likeness (QED) is 0.406. The van der Waals surface area contributed by atoms with E-state index < -0.39 is 0 Å². The van der Waals surface area contributed by atoms with Gasteiger partial charge in [-0.15, -0.1) is 0 Å². The molecular weight excluding hydrogens is 381 g/mol. The largest absolute Gasteiger partial charge is 0.461 e. The maximum absolute atomic E-state index is 12.7. The predicted octanol–water partition coefficient (Wildman–Crippen LogP) is 6.97. The van der Waals surface area contributed by atoms with Crippen LogP contribution in [-0.2, 0) is 0 Å².